The molecule has 1 N–H and O–H groups in total. The summed E-state index contributed by atoms with van der Waals surface area (Å²) in [4.78, 5) is 13.8. The zero-order valence-corrected chi connectivity index (χ0v) is 11.6. The molecule has 2 rings (SSSR count). The third kappa shape index (κ3) is 4.24. The third-order valence-corrected chi connectivity index (χ3v) is 4.12. The second-order valence-corrected chi connectivity index (χ2v) is 5.71. The van der Waals surface area contributed by atoms with E-state index < -0.39 is 0 Å². The number of rotatable bonds is 6. The van der Waals surface area contributed by atoms with E-state index in [1.165, 1.54) is 0 Å². The summed E-state index contributed by atoms with van der Waals surface area (Å²) in [5.41, 5.74) is -0.295. The number of aldehydes is 1. The summed E-state index contributed by atoms with van der Waals surface area (Å²) in [5.74, 6) is 0. The van der Waals surface area contributed by atoms with E-state index in [1.807, 2.05) is 0 Å². The number of aliphatic hydroxyl groups is 1. The summed E-state index contributed by atoms with van der Waals surface area (Å²) in [5, 5.41) is 8.74. The predicted octanol–water partition coefficient (Wildman–Crippen LogP) is 0.455. The standard InChI is InChI=1S/C14H25NO4/c16-7-9-19-13-2-5-15(6-3-13)10-14(11-17)4-1-8-18-12-14/h11,13,16H,1-10,12H2. The van der Waals surface area contributed by atoms with Crippen LogP contribution in [0.15, 0.2) is 0 Å². The minimum absolute atomic E-state index is 0.0891. The molecule has 0 aromatic rings. The molecule has 5 nitrogen and oxygen atoms in total. The van der Waals surface area contributed by atoms with E-state index in [2.05, 4.69) is 4.90 Å². The summed E-state index contributed by atoms with van der Waals surface area (Å²) in [6.45, 7) is 4.60. The molecule has 2 saturated heterocycles. The number of nitrogens with zero attached hydrogens (tertiary/aromatic N) is 1. The molecule has 2 aliphatic heterocycles. The Kier molecular flexibility index (Phi) is 5.76. The molecule has 0 aromatic heterocycles. The fourth-order valence-electron chi connectivity index (χ4n) is 3.03. The first-order valence-corrected chi connectivity index (χ1v) is 7.27. The molecule has 0 aliphatic carbocycles. The summed E-state index contributed by atoms with van der Waals surface area (Å²) in [6.07, 6.45) is 5.25. The van der Waals surface area contributed by atoms with Gasteiger partial charge in [0.25, 0.3) is 0 Å². The fraction of sp³-hybridized carbons (Fsp3) is 0.929. The van der Waals surface area contributed by atoms with Gasteiger partial charge in [-0.3, -0.25) is 0 Å². The van der Waals surface area contributed by atoms with Crippen LogP contribution in [-0.2, 0) is 14.3 Å². The van der Waals surface area contributed by atoms with Gasteiger partial charge in [-0.2, -0.15) is 0 Å². The van der Waals surface area contributed by atoms with E-state index in [1.54, 1.807) is 0 Å². The van der Waals surface area contributed by atoms with Crippen molar-refractivity contribution in [1.29, 1.82) is 0 Å². The van der Waals surface area contributed by atoms with Gasteiger partial charge in [-0.15, -0.1) is 0 Å². The Hall–Kier alpha value is -0.490. The zero-order valence-electron chi connectivity index (χ0n) is 11.6. The number of likely N-dealkylation sites (tertiary alicyclic amines) is 1. The lowest BCUT2D eigenvalue weighted by Crippen LogP contribution is -2.47. The fourth-order valence-corrected chi connectivity index (χ4v) is 3.03. The maximum Gasteiger partial charge on any atom is 0.129 e. The summed E-state index contributed by atoms with van der Waals surface area (Å²) in [7, 11) is 0. The van der Waals surface area contributed by atoms with Crippen LogP contribution in [0.1, 0.15) is 25.7 Å². The first kappa shape index (κ1) is 14.9. The summed E-state index contributed by atoms with van der Waals surface area (Å²) >= 11 is 0. The molecule has 2 heterocycles. The van der Waals surface area contributed by atoms with Gasteiger partial charge in [0.15, 0.2) is 0 Å². The average Bonchev–Trinajstić information content (AvgIpc) is 2.47. The maximum absolute atomic E-state index is 11.4. The molecule has 0 aromatic carbocycles. The number of piperidine rings is 1. The van der Waals surface area contributed by atoms with Crippen molar-refractivity contribution >= 4 is 6.29 Å². The zero-order chi connectivity index (χ0) is 13.6. The molecule has 1 atom stereocenters. The molecule has 0 spiro atoms. The Balaban J connectivity index is 1.76. The van der Waals surface area contributed by atoms with Crippen LogP contribution < -0.4 is 0 Å². The summed E-state index contributed by atoms with van der Waals surface area (Å²) < 4.78 is 11.0. The second kappa shape index (κ2) is 7.33. The average molecular weight is 271 g/mol. The van der Waals surface area contributed by atoms with Crippen LogP contribution in [0.2, 0.25) is 0 Å². The molecular weight excluding hydrogens is 246 g/mol. The number of hydrogen-bond donors (Lipinski definition) is 1. The first-order valence-electron chi connectivity index (χ1n) is 7.27. The maximum atomic E-state index is 11.4. The van der Waals surface area contributed by atoms with Crippen LogP contribution in [0.4, 0.5) is 0 Å². The van der Waals surface area contributed by atoms with Crippen LogP contribution >= 0.6 is 0 Å². The number of carbonyl (C=O) groups excluding carboxylic acids is 1. The number of hydrogen-bond acceptors (Lipinski definition) is 5. The van der Waals surface area contributed by atoms with Crippen LogP contribution in [0.5, 0.6) is 0 Å². The predicted molar refractivity (Wildman–Crippen MR) is 71.0 cm³/mol. The monoisotopic (exact) mass is 271 g/mol. The van der Waals surface area contributed by atoms with E-state index in [9.17, 15) is 4.79 Å². The van der Waals surface area contributed by atoms with Crippen molar-refractivity contribution < 1.29 is 19.4 Å². The topological polar surface area (TPSA) is 59.0 Å². The second-order valence-electron chi connectivity index (χ2n) is 5.71. The molecule has 0 saturated carbocycles. The van der Waals surface area contributed by atoms with E-state index in [0.29, 0.717) is 13.2 Å². The molecule has 5 heteroatoms. The Morgan fingerprint density at radius 3 is 2.79 bits per heavy atom. The lowest BCUT2D eigenvalue weighted by molar-refractivity contribution is -0.126. The van der Waals surface area contributed by atoms with Gasteiger partial charge in [0.05, 0.1) is 31.3 Å². The first-order chi connectivity index (χ1) is 9.28. The van der Waals surface area contributed by atoms with Gasteiger partial charge in [-0.05, 0) is 25.7 Å². The molecule has 110 valence electrons. The largest absolute Gasteiger partial charge is 0.394 e. The molecular formula is C14H25NO4. The molecule has 1 unspecified atom stereocenters. The number of aliphatic hydroxyl groups excluding tert-OH is 1. The van der Waals surface area contributed by atoms with Crippen molar-refractivity contribution in [1.82, 2.24) is 4.90 Å². The molecule has 0 radical (unpaired) electrons. The van der Waals surface area contributed by atoms with E-state index in [-0.39, 0.29) is 18.1 Å². The van der Waals surface area contributed by atoms with Crippen LogP contribution in [-0.4, -0.2) is 68.5 Å². The van der Waals surface area contributed by atoms with Crippen molar-refractivity contribution in [3.05, 3.63) is 0 Å². The Bertz CT molecular complexity index is 271. The quantitative estimate of drug-likeness (QED) is 0.711. The smallest absolute Gasteiger partial charge is 0.129 e. The molecule has 2 aliphatic rings. The van der Waals surface area contributed by atoms with E-state index >= 15 is 0 Å². The van der Waals surface area contributed by atoms with E-state index in [4.69, 9.17) is 14.6 Å². The van der Waals surface area contributed by atoms with Crippen molar-refractivity contribution in [3.8, 4) is 0 Å². The van der Waals surface area contributed by atoms with Crippen LogP contribution in [0.3, 0.4) is 0 Å². The van der Waals surface area contributed by atoms with Gasteiger partial charge in [0, 0.05) is 26.2 Å². The highest BCUT2D eigenvalue weighted by Gasteiger charge is 2.35. The van der Waals surface area contributed by atoms with Gasteiger partial charge in [0.2, 0.25) is 0 Å². The molecule has 19 heavy (non-hydrogen) atoms. The van der Waals surface area contributed by atoms with Gasteiger partial charge >= 0.3 is 0 Å². The van der Waals surface area contributed by atoms with Crippen molar-refractivity contribution in [3.63, 3.8) is 0 Å². The van der Waals surface area contributed by atoms with Crippen molar-refractivity contribution in [2.45, 2.75) is 31.8 Å². The minimum Gasteiger partial charge on any atom is -0.394 e. The highest BCUT2D eigenvalue weighted by Crippen LogP contribution is 2.28. The Labute approximate surface area is 114 Å². The van der Waals surface area contributed by atoms with Gasteiger partial charge < -0.3 is 24.3 Å². The van der Waals surface area contributed by atoms with Crippen LogP contribution in [0, 0.1) is 5.41 Å². The summed E-state index contributed by atoms with van der Waals surface area (Å²) in [6, 6.07) is 0. The van der Waals surface area contributed by atoms with Crippen molar-refractivity contribution in [2.24, 2.45) is 5.41 Å². The van der Waals surface area contributed by atoms with Gasteiger partial charge in [-0.1, -0.05) is 0 Å². The number of carbonyl (C=O) groups is 1. The van der Waals surface area contributed by atoms with Crippen LogP contribution in [0.25, 0.3) is 0 Å². The highest BCUT2D eigenvalue weighted by atomic mass is 16.5. The minimum atomic E-state index is -0.295. The van der Waals surface area contributed by atoms with Gasteiger partial charge in [-0.25, -0.2) is 0 Å². The normalized spacial score (nSPS) is 30.4. The highest BCUT2D eigenvalue weighted by molar-refractivity contribution is 5.60. The van der Waals surface area contributed by atoms with Gasteiger partial charge in [0.1, 0.15) is 6.29 Å². The molecule has 2 fully saturated rings. The lowest BCUT2D eigenvalue weighted by atomic mass is 9.83. The SMILES string of the molecule is O=CC1(CN2CCC(OCCO)CC2)CCCOC1. The number of ether oxygens (including phenoxy) is 2. The molecule has 0 bridgehead atoms. The van der Waals surface area contributed by atoms with E-state index in [0.717, 1.165) is 58.2 Å². The Morgan fingerprint density at radius 2 is 2.21 bits per heavy atom. The van der Waals surface area contributed by atoms with Crippen molar-refractivity contribution in [2.75, 3.05) is 46.1 Å². The third-order valence-electron chi connectivity index (χ3n) is 4.12. The lowest BCUT2D eigenvalue weighted by Gasteiger charge is -2.39. The molecule has 0 amide bonds. The Morgan fingerprint density at radius 1 is 1.42 bits per heavy atom.